The topological polar surface area (TPSA) is 17.1 Å². The van der Waals surface area contributed by atoms with Crippen LogP contribution in [0.15, 0.2) is 21.6 Å². The second kappa shape index (κ2) is 7.99. The van der Waals surface area contributed by atoms with Gasteiger partial charge in [0.25, 0.3) is 0 Å². The summed E-state index contributed by atoms with van der Waals surface area (Å²) < 4.78 is 0. The molecule has 0 saturated carbocycles. The summed E-state index contributed by atoms with van der Waals surface area (Å²) in [5.74, 6) is 0.149. The van der Waals surface area contributed by atoms with Gasteiger partial charge in [0.1, 0.15) is 0 Å². The van der Waals surface area contributed by atoms with E-state index in [1.807, 2.05) is 0 Å². The molecule has 1 aliphatic rings. The largest absolute Gasteiger partial charge is 0.294 e. The molecule has 1 rings (SSSR count). The Morgan fingerprint density at radius 3 is 2.53 bits per heavy atom. The first-order valence-electron chi connectivity index (χ1n) is 6.46. The van der Waals surface area contributed by atoms with Crippen molar-refractivity contribution in [3.8, 4) is 0 Å². The molecule has 96 valence electrons. The highest BCUT2D eigenvalue weighted by Gasteiger charge is 2.18. The van der Waals surface area contributed by atoms with Crippen molar-refractivity contribution < 1.29 is 4.79 Å². The lowest BCUT2D eigenvalue weighted by atomic mass is 9.97. The maximum Gasteiger partial charge on any atom is 0.165 e. The Morgan fingerprint density at radius 2 is 1.88 bits per heavy atom. The fourth-order valence-corrected chi connectivity index (χ4v) is 2.74. The first-order chi connectivity index (χ1) is 8.15. The summed E-state index contributed by atoms with van der Waals surface area (Å²) in [6, 6.07) is 0. The van der Waals surface area contributed by atoms with E-state index in [2.05, 4.69) is 19.6 Å². The number of allylic oxidation sites excluding steroid dienone is 3. The van der Waals surface area contributed by atoms with Gasteiger partial charge in [-0.05, 0) is 18.9 Å². The maximum atomic E-state index is 11.7. The lowest BCUT2D eigenvalue weighted by Crippen LogP contribution is -2.08. The number of hydrogen-bond donors (Lipinski definition) is 1. The second-order valence-electron chi connectivity index (χ2n) is 4.57. The third kappa shape index (κ3) is 5.31. The highest BCUT2D eigenvalue weighted by molar-refractivity contribution is 7.84. The molecular weight excluding hydrogens is 252 g/mol. The fraction of sp³-hybridized carbons (Fsp3) is 0.643. The zero-order valence-electron chi connectivity index (χ0n) is 10.5. The van der Waals surface area contributed by atoms with Gasteiger partial charge in [-0.15, -0.1) is 12.6 Å². The van der Waals surface area contributed by atoms with Gasteiger partial charge in [-0.2, -0.15) is 0 Å². The average molecular weight is 273 g/mol. The molecular formula is C14H21ClOS. The Balaban J connectivity index is 2.31. The van der Waals surface area contributed by atoms with Crippen molar-refractivity contribution in [1.29, 1.82) is 0 Å². The van der Waals surface area contributed by atoms with Gasteiger partial charge in [0, 0.05) is 21.9 Å². The minimum Gasteiger partial charge on any atom is -0.294 e. The Bertz CT molecular complexity index is 331. The van der Waals surface area contributed by atoms with E-state index in [1.165, 1.54) is 32.1 Å². The van der Waals surface area contributed by atoms with E-state index in [9.17, 15) is 4.79 Å². The van der Waals surface area contributed by atoms with Crippen molar-refractivity contribution in [3.05, 3.63) is 21.6 Å². The van der Waals surface area contributed by atoms with Gasteiger partial charge in [0.05, 0.1) is 0 Å². The van der Waals surface area contributed by atoms with Crippen LogP contribution < -0.4 is 0 Å². The predicted molar refractivity (Wildman–Crippen MR) is 77.6 cm³/mol. The zero-order valence-corrected chi connectivity index (χ0v) is 12.1. The van der Waals surface area contributed by atoms with Crippen molar-refractivity contribution in [2.24, 2.45) is 0 Å². The van der Waals surface area contributed by atoms with Crippen LogP contribution >= 0.6 is 24.2 Å². The monoisotopic (exact) mass is 272 g/mol. The van der Waals surface area contributed by atoms with E-state index in [1.54, 1.807) is 6.08 Å². The van der Waals surface area contributed by atoms with Crippen LogP contribution in [0.4, 0.5) is 0 Å². The molecule has 3 heteroatoms. The number of carbonyl (C=O) groups is 1. The number of rotatable bonds is 7. The Labute approximate surface area is 115 Å². The molecule has 0 N–H and O–H groups in total. The Morgan fingerprint density at radius 1 is 1.24 bits per heavy atom. The molecule has 0 amide bonds. The summed E-state index contributed by atoms with van der Waals surface area (Å²) in [5.41, 5.74) is 0.869. The molecule has 1 nitrogen and oxygen atoms in total. The molecule has 1 aliphatic carbocycles. The predicted octanol–water partition coefficient (Wildman–Crippen LogP) is 5.02. The van der Waals surface area contributed by atoms with E-state index < -0.39 is 0 Å². The minimum atomic E-state index is 0.149. The first-order valence-corrected chi connectivity index (χ1v) is 7.29. The molecule has 0 fully saturated rings. The highest BCUT2D eigenvalue weighted by atomic mass is 35.5. The second-order valence-corrected chi connectivity index (χ2v) is 5.54. The smallest absolute Gasteiger partial charge is 0.165 e. The summed E-state index contributed by atoms with van der Waals surface area (Å²) in [7, 11) is 0. The fourth-order valence-electron chi connectivity index (χ4n) is 2.04. The minimum absolute atomic E-state index is 0.149. The molecule has 0 unspecified atom stereocenters. The molecule has 0 radical (unpaired) electrons. The van der Waals surface area contributed by atoms with Gasteiger partial charge in [-0.3, -0.25) is 4.79 Å². The van der Waals surface area contributed by atoms with Gasteiger partial charge >= 0.3 is 0 Å². The molecule has 0 aromatic carbocycles. The molecule has 0 atom stereocenters. The van der Waals surface area contributed by atoms with Crippen LogP contribution in [0.2, 0.25) is 0 Å². The van der Waals surface area contributed by atoms with Crippen molar-refractivity contribution in [2.75, 3.05) is 0 Å². The van der Waals surface area contributed by atoms with Crippen LogP contribution in [-0.2, 0) is 4.79 Å². The lowest BCUT2D eigenvalue weighted by molar-refractivity contribution is -0.115. The van der Waals surface area contributed by atoms with Crippen LogP contribution in [0.3, 0.4) is 0 Å². The van der Waals surface area contributed by atoms with Crippen molar-refractivity contribution in [3.63, 3.8) is 0 Å². The zero-order chi connectivity index (χ0) is 12.7. The van der Waals surface area contributed by atoms with Crippen molar-refractivity contribution in [1.82, 2.24) is 0 Å². The summed E-state index contributed by atoms with van der Waals surface area (Å²) >= 11 is 10.2. The molecule has 17 heavy (non-hydrogen) atoms. The summed E-state index contributed by atoms with van der Waals surface area (Å²) in [4.78, 5) is 12.5. The number of carbonyl (C=O) groups excluding carboxylic acids is 1. The number of hydrogen-bond acceptors (Lipinski definition) is 2. The van der Waals surface area contributed by atoms with Gasteiger partial charge in [0.2, 0.25) is 0 Å². The first kappa shape index (κ1) is 14.8. The molecule has 0 bridgehead atoms. The lowest BCUT2D eigenvalue weighted by Gasteiger charge is -2.13. The van der Waals surface area contributed by atoms with Crippen LogP contribution in [-0.4, -0.2) is 5.78 Å². The maximum absolute atomic E-state index is 11.7. The molecule has 0 aliphatic heterocycles. The summed E-state index contributed by atoms with van der Waals surface area (Å²) in [6.45, 7) is 2.22. The quantitative estimate of drug-likeness (QED) is 0.509. The van der Waals surface area contributed by atoms with E-state index >= 15 is 0 Å². The molecule has 0 heterocycles. The van der Waals surface area contributed by atoms with E-state index in [0.717, 1.165) is 23.3 Å². The number of ketones is 1. The number of unbranched alkanes of at least 4 members (excludes halogenated alkanes) is 5. The molecule has 0 aromatic heterocycles. The standard InChI is InChI=1S/C14H21ClOS/c1-2-3-4-5-6-7-8-12-13(16)9-11(15)10-14(12)17/h10,17H,2-9H2,1H3. The van der Waals surface area contributed by atoms with Gasteiger partial charge in [-0.25, -0.2) is 0 Å². The van der Waals surface area contributed by atoms with Crippen LogP contribution in [0.25, 0.3) is 0 Å². The Kier molecular flexibility index (Phi) is 6.98. The van der Waals surface area contributed by atoms with Gasteiger partial charge in [-0.1, -0.05) is 50.6 Å². The van der Waals surface area contributed by atoms with Crippen LogP contribution in [0, 0.1) is 0 Å². The van der Waals surface area contributed by atoms with Gasteiger partial charge < -0.3 is 0 Å². The SMILES string of the molecule is CCCCCCCCC1=C(S)C=C(Cl)CC1=O. The van der Waals surface area contributed by atoms with E-state index in [4.69, 9.17) is 11.6 Å². The molecule has 0 spiro atoms. The molecule has 0 saturated heterocycles. The van der Waals surface area contributed by atoms with E-state index in [0.29, 0.717) is 11.5 Å². The molecule has 0 aromatic rings. The number of thiol groups is 1. The highest BCUT2D eigenvalue weighted by Crippen LogP contribution is 2.28. The normalized spacial score (nSPS) is 16.4. The third-order valence-electron chi connectivity index (χ3n) is 3.05. The Hall–Kier alpha value is -0.210. The average Bonchev–Trinajstić information content (AvgIpc) is 2.26. The number of halogens is 1. The van der Waals surface area contributed by atoms with Crippen LogP contribution in [0.1, 0.15) is 58.3 Å². The van der Waals surface area contributed by atoms with Crippen molar-refractivity contribution >= 4 is 30.0 Å². The van der Waals surface area contributed by atoms with Crippen molar-refractivity contribution in [2.45, 2.75) is 58.3 Å². The summed E-state index contributed by atoms with van der Waals surface area (Å²) in [6.07, 6.45) is 10.5. The van der Waals surface area contributed by atoms with Crippen LogP contribution in [0.5, 0.6) is 0 Å². The number of Topliss-reactive ketones (excluding diaryl/α,β-unsaturated/α-hetero) is 1. The van der Waals surface area contributed by atoms with E-state index in [-0.39, 0.29) is 5.78 Å². The van der Waals surface area contributed by atoms with Gasteiger partial charge in [0.15, 0.2) is 5.78 Å². The third-order valence-corrected chi connectivity index (χ3v) is 3.69. The summed E-state index contributed by atoms with van der Waals surface area (Å²) in [5, 5.41) is 0.603.